The van der Waals surface area contributed by atoms with Gasteiger partial charge in [0.15, 0.2) is 0 Å². The van der Waals surface area contributed by atoms with Gasteiger partial charge in [-0.25, -0.2) is 0 Å². The maximum atomic E-state index is 11.5. The van der Waals surface area contributed by atoms with E-state index < -0.39 is 0 Å². The second-order valence-corrected chi connectivity index (χ2v) is 3.57. The number of aromatic nitrogens is 2. The minimum absolute atomic E-state index is 0.179. The summed E-state index contributed by atoms with van der Waals surface area (Å²) in [5, 5.41) is 6.61. The Kier molecular flexibility index (Phi) is 5.19. The van der Waals surface area contributed by atoms with E-state index in [2.05, 4.69) is 10.4 Å². The van der Waals surface area contributed by atoms with Gasteiger partial charge in [-0.05, 0) is 13.3 Å². The second-order valence-electron chi connectivity index (χ2n) is 3.57. The molecule has 0 spiro atoms. The van der Waals surface area contributed by atoms with Crippen LogP contribution in [0.5, 0.6) is 0 Å². The van der Waals surface area contributed by atoms with Gasteiger partial charge < -0.3 is 10.1 Å². The van der Waals surface area contributed by atoms with Crippen molar-refractivity contribution in [1.82, 2.24) is 15.1 Å². The third kappa shape index (κ3) is 4.67. The summed E-state index contributed by atoms with van der Waals surface area (Å²) in [4.78, 5) is 22.6. The molecule has 0 fully saturated rings. The van der Waals surface area contributed by atoms with Crippen molar-refractivity contribution < 1.29 is 14.3 Å². The highest BCUT2D eigenvalue weighted by Crippen LogP contribution is 1.96. The summed E-state index contributed by atoms with van der Waals surface area (Å²) >= 11 is 0. The number of carbonyl (C=O) groups is 2. The molecule has 0 aliphatic rings. The minimum atomic E-state index is -0.233. The van der Waals surface area contributed by atoms with Crippen molar-refractivity contribution in [1.29, 1.82) is 0 Å². The SMILES string of the molecule is CCOC(=O)CCCNC(=O)c1cnn(C)c1. The number of nitrogens with zero attached hydrogens (tertiary/aromatic N) is 2. The van der Waals surface area contributed by atoms with E-state index in [9.17, 15) is 9.59 Å². The maximum Gasteiger partial charge on any atom is 0.305 e. The van der Waals surface area contributed by atoms with E-state index in [1.807, 2.05) is 0 Å². The predicted octanol–water partition coefficient (Wildman–Crippen LogP) is 0.493. The molecule has 0 unspecified atom stereocenters. The first kappa shape index (κ1) is 13.2. The summed E-state index contributed by atoms with van der Waals surface area (Å²) in [5.41, 5.74) is 0.517. The first-order chi connectivity index (χ1) is 8.13. The quantitative estimate of drug-likeness (QED) is 0.579. The first-order valence-electron chi connectivity index (χ1n) is 5.56. The van der Waals surface area contributed by atoms with Gasteiger partial charge in [0.2, 0.25) is 0 Å². The van der Waals surface area contributed by atoms with Gasteiger partial charge in [-0.3, -0.25) is 14.3 Å². The van der Waals surface area contributed by atoms with Crippen LogP contribution in [-0.2, 0) is 16.6 Å². The average Bonchev–Trinajstić information content (AvgIpc) is 2.71. The van der Waals surface area contributed by atoms with E-state index in [1.165, 1.54) is 6.20 Å². The Hall–Kier alpha value is -1.85. The highest BCUT2D eigenvalue weighted by atomic mass is 16.5. The molecule has 0 aromatic carbocycles. The molecule has 0 radical (unpaired) electrons. The Morgan fingerprint density at radius 1 is 1.53 bits per heavy atom. The Balaban J connectivity index is 2.19. The molecule has 1 amide bonds. The van der Waals surface area contributed by atoms with Crippen LogP contribution in [0.4, 0.5) is 0 Å². The molecule has 0 aliphatic heterocycles. The summed E-state index contributed by atoms with van der Waals surface area (Å²) < 4.78 is 6.33. The van der Waals surface area contributed by atoms with Crippen molar-refractivity contribution in [3.05, 3.63) is 18.0 Å². The molecule has 0 saturated heterocycles. The summed E-state index contributed by atoms with van der Waals surface area (Å²) in [6.45, 7) is 2.61. The predicted molar refractivity (Wildman–Crippen MR) is 61.4 cm³/mol. The van der Waals surface area contributed by atoms with Crippen molar-refractivity contribution in [2.24, 2.45) is 7.05 Å². The summed E-state index contributed by atoms with van der Waals surface area (Å²) in [7, 11) is 1.75. The number of carbonyl (C=O) groups excluding carboxylic acids is 2. The van der Waals surface area contributed by atoms with E-state index in [0.29, 0.717) is 31.6 Å². The van der Waals surface area contributed by atoms with Crippen LogP contribution in [0.25, 0.3) is 0 Å². The van der Waals surface area contributed by atoms with Crippen molar-refractivity contribution in [3.63, 3.8) is 0 Å². The number of nitrogens with one attached hydrogen (secondary N) is 1. The first-order valence-corrected chi connectivity index (χ1v) is 5.56. The van der Waals surface area contributed by atoms with Gasteiger partial charge >= 0.3 is 5.97 Å². The minimum Gasteiger partial charge on any atom is -0.466 e. The van der Waals surface area contributed by atoms with Crippen LogP contribution in [0, 0.1) is 0 Å². The Morgan fingerprint density at radius 2 is 2.29 bits per heavy atom. The second kappa shape index (κ2) is 6.67. The van der Waals surface area contributed by atoms with Gasteiger partial charge in [0.05, 0.1) is 18.4 Å². The fraction of sp³-hybridized carbons (Fsp3) is 0.545. The van der Waals surface area contributed by atoms with E-state index in [4.69, 9.17) is 4.74 Å². The van der Waals surface area contributed by atoms with Gasteiger partial charge in [-0.15, -0.1) is 0 Å². The lowest BCUT2D eigenvalue weighted by Gasteiger charge is -2.03. The van der Waals surface area contributed by atoms with Crippen LogP contribution in [0.1, 0.15) is 30.1 Å². The largest absolute Gasteiger partial charge is 0.466 e. The monoisotopic (exact) mass is 239 g/mol. The van der Waals surface area contributed by atoms with Crippen molar-refractivity contribution >= 4 is 11.9 Å². The van der Waals surface area contributed by atoms with Gasteiger partial charge in [0.25, 0.3) is 5.91 Å². The van der Waals surface area contributed by atoms with Crippen molar-refractivity contribution in [2.45, 2.75) is 19.8 Å². The maximum absolute atomic E-state index is 11.5. The van der Waals surface area contributed by atoms with E-state index in [1.54, 1.807) is 24.9 Å². The molecule has 6 nitrogen and oxygen atoms in total. The van der Waals surface area contributed by atoms with Crippen molar-refractivity contribution in [2.75, 3.05) is 13.2 Å². The fourth-order valence-corrected chi connectivity index (χ4v) is 1.31. The smallest absolute Gasteiger partial charge is 0.305 e. The van der Waals surface area contributed by atoms with Crippen LogP contribution in [0.2, 0.25) is 0 Å². The summed E-state index contributed by atoms with van der Waals surface area (Å²) in [5.74, 6) is -0.412. The molecule has 94 valence electrons. The molecular formula is C11H17N3O3. The van der Waals surface area contributed by atoms with Gasteiger partial charge in [-0.2, -0.15) is 5.10 Å². The van der Waals surface area contributed by atoms with Crippen LogP contribution in [-0.4, -0.2) is 34.8 Å². The van der Waals surface area contributed by atoms with E-state index in [0.717, 1.165) is 0 Å². The van der Waals surface area contributed by atoms with Crippen molar-refractivity contribution in [3.8, 4) is 0 Å². The molecule has 0 bridgehead atoms. The van der Waals surface area contributed by atoms with Crippen LogP contribution < -0.4 is 5.32 Å². The standard InChI is InChI=1S/C11H17N3O3/c1-3-17-10(15)5-4-6-12-11(16)9-7-13-14(2)8-9/h7-8H,3-6H2,1-2H3,(H,12,16). The van der Waals surface area contributed by atoms with Gasteiger partial charge in [0.1, 0.15) is 0 Å². The zero-order valence-corrected chi connectivity index (χ0v) is 10.1. The molecule has 0 saturated carbocycles. The molecule has 1 rings (SSSR count). The third-order valence-corrected chi connectivity index (χ3v) is 2.12. The molecule has 1 N–H and O–H groups in total. The van der Waals surface area contributed by atoms with Gasteiger partial charge in [-0.1, -0.05) is 0 Å². The Bertz CT molecular complexity index is 387. The van der Waals surface area contributed by atoms with Crippen LogP contribution in [0.3, 0.4) is 0 Å². The summed E-state index contributed by atoms with van der Waals surface area (Å²) in [6.07, 6.45) is 4.04. The highest BCUT2D eigenvalue weighted by molar-refractivity contribution is 5.93. The molecule has 1 heterocycles. The number of esters is 1. The van der Waals surface area contributed by atoms with Gasteiger partial charge in [0, 0.05) is 26.2 Å². The molecule has 1 aromatic rings. The lowest BCUT2D eigenvalue weighted by atomic mass is 10.3. The summed E-state index contributed by atoms with van der Waals surface area (Å²) in [6, 6.07) is 0. The number of aryl methyl sites for hydroxylation is 1. The lowest BCUT2D eigenvalue weighted by molar-refractivity contribution is -0.143. The molecule has 1 aromatic heterocycles. The molecule has 0 atom stereocenters. The number of ether oxygens (including phenoxy) is 1. The van der Waals surface area contributed by atoms with E-state index in [-0.39, 0.29) is 11.9 Å². The Morgan fingerprint density at radius 3 is 2.88 bits per heavy atom. The Labute approximate surface area is 99.9 Å². The fourth-order valence-electron chi connectivity index (χ4n) is 1.31. The number of rotatable bonds is 6. The highest BCUT2D eigenvalue weighted by Gasteiger charge is 2.07. The molecule has 6 heteroatoms. The topological polar surface area (TPSA) is 73.2 Å². The zero-order valence-electron chi connectivity index (χ0n) is 10.1. The normalized spacial score (nSPS) is 10.0. The number of hydrogen-bond acceptors (Lipinski definition) is 4. The lowest BCUT2D eigenvalue weighted by Crippen LogP contribution is -2.24. The van der Waals surface area contributed by atoms with Crippen LogP contribution in [0.15, 0.2) is 12.4 Å². The molecular weight excluding hydrogens is 222 g/mol. The molecule has 0 aliphatic carbocycles. The number of amides is 1. The average molecular weight is 239 g/mol. The van der Waals surface area contributed by atoms with E-state index >= 15 is 0 Å². The number of hydrogen-bond donors (Lipinski definition) is 1. The zero-order chi connectivity index (χ0) is 12.7. The van der Waals surface area contributed by atoms with Crippen LogP contribution >= 0.6 is 0 Å². The molecule has 17 heavy (non-hydrogen) atoms. The third-order valence-electron chi connectivity index (χ3n) is 2.12.